The quantitative estimate of drug-likeness (QED) is 0.620. The minimum atomic E-state index is -0.597. The molecule has 0 aliphatic carbocycles. The number of rotatable bonds is 4. The minimum Gasteiger partial charge on any atom is -0.465 e. The molecular weight excluding hydrogens is 319 g/mol. The van der Waals surface area contributed by atoms with Crippen molar-refractivity contribution in [2.24, 2.45) is 0 Å². The third-order valence-corrected chi connectivity index (χ3v) is 5.42. The predicted molar refractivity (Wildman–Crippen MR) is 96.5 cm³/mol. The number of carbonyl (C=O) groups excluding carboxylic acids is 1. The standard InChI is InChI=1S/C19H27BO5/c1-13-10-14(23-17-8-6-7-9-22-17)11-16(15(13)12-21)20-24-18(2,3)19(4,5)25-20/h10-12,17H,6-9H2,1-5H3/t17-/m1/s1. The fourth-order valence-corrected chi connectivity index (χ4v) is 3.14. The highest BCUT2D eigenvalue weighted by Crippen LogP contribution is 2.37. The Hall–Kier alpha value is -1.37. The molecule has 136 valence electrons. The van der Waals surface area contributed by atoms with Crippen LogP contribution in [0.1, 0.15) is 62.9 Å². The Kier molecular flexibility index (Phi) is 4.97. The van der Waals surface area contributed by atoms with Gasteiger partial charge in [-0.15, -0.1) is 0 Å². The molecule has 2 aliphatic heterocycles. The van der Waals surface area contributed by atoms with Gasteiger partial charge in [-0.05, 0) is 70.6 Å². The maximum absolute atomic E-state index is 11.7. The lowest BCUT2D eigenvalue weighted by Crippen LogP contribution is -2.41. The fraction of sp³-hybridized carbons (Fsp3) is 0.632. The highest BCUT2D eigenvalue weighted by atomic mass is 16.7. The summed E-state index contributed by atoms with van der Waals surface area (Å²) in [5, 5.41) is 0. The van der Waals surface area contributed by atoms with Crippen molar-refractivity contribution < 1.29 is 23.6 Å². The first-order chi connectivity index (χ1) is 11.7. The molecule has 0 unspecified atom stereocenters. The minimum absolute atomic E-state index is 0.235. The molecule has 2 aliphatic rings. The summed E-state index contributed by atoms with van der Waals surface area (Å²) in [6, 6.07) is 3.72. The Bertz CT molecular complexity index is 633. The van der Waals surface area contributed by atoms with E-state index >= 15 is 0 Å². The second kappa shape index (κ2) is 6.74. The summed E-state index contributed by atoms with van der Waals surface area (Å²) >= 11 is 0. The smallest absolute Gasteiger partial charge is 0.465 e. The Morgan fingerprint density at radius 1 is 1.16 bits per heavy atom. The van der Waals surface area contributed by atoms with Crippen LogP contribution in [0.3, 0.4) is 0 Å². The number of carbonyl (C=O) groups is 1. The number of aldehydes is 1. The van der Waals surface area contributed by atoms with E-state index in [1.54, 1.807) is 0 Å². The molecule has 2 saturated heterocycles. The van der Waals surface area contributed by atoms with Gasteiger partial charge in [0.2, 0.25) is 0 Å². The molecule has 5 nitrogen and oxygen atoms in total. The van der Waals surface area contributed by atoms with Gasteiger partial charge in [0.05, 0.1) is 17.8 Å². The lowest BCUT2D eigenvalue weighted by molar-refractivity contribution is -0.105. The highest BCUT2D eigenvalue weighted by Gasteiger charge is 2.52. The largest absolute Gasteiger partial charge is 0.495 e. The Morgan fingerprint density at radius 3 is 2.40 bits per heavy atom. The van der Waals surface area contributed by atoms with Crippen molar-refractivity contribution in [3.63, 3.8) is 0 Å². The number of hydrogen-bond donors (Lipinski definition) is 0. The lowest BCUT2D eigenvalue weighted by Gasteiger charge is -2.32. The molecule has 3 rings (SSSR count). The van der Waals surface area contributed by atoms with Gasteiger partial charge in [0.1, 0.15) is 12.0 Å². The molecule has 0 saturated carbocycles. The van der Waals surface area contributed by atoms with E-state index in [2.05, 4.69) is 0 Å². The topological polar surface area (TPSA) is 54.0 Å². The van der Waals surface area contributed by atoms with Crippen molar-refractivity contribution in [1.29, 1.82) is 0 Å². The summed E-state index contributed by atoms with van der Waals surface area (Å²) in [6.07, 6.45) is 3.67. The van der Waals surface area contributed by atoms with Crippen molar-refractivity contribution in [3.8, 4) is 5.75 Å². The van der Waals surface area contributed by atoms with E-state index in [0.29, 0.717) is 16.8 Å². The Morgan fingerprint density at radius 2 is 1.84 bits per heavy atom. The zero-order valence-corrected chi connectivity index (χ0v) is 15.8. The molecule has 0 bridgehead atoms. The van der Waals surface area contributed by atoms with Crippen LogP contribution in [0.2, 0.25) is 0 Å². The Labute approximate surface area is 150 Å². The van der Waals surface area contributed by atoms with Gasteiger partial charge in [-0.1, -0.05) is 0 Å². The molecule has 2 heterocycles. The van der Waals surface area contributed by atoms with E-state index in [4.69, 9.17) is 18.8 Å². The highest BCUT2D eigenvalue weighted by molar-refractivity contribution is 6.63. The number of aryl methyl sites for hydroxylation is 1. The summed E-state index contributed by atoms with van der Waals surface area (Å²) in [4.78, 5) is 11.7. The molecule has 0 N–H and O–H groups in total. The maximum atomic E-state index is 11.7. The first-order valence-electron chi connectivity index (χ1n) is 8.97. The van der Waals surface area contributed by atoms with Crippen LogP contribution in [0, 0.1) is 6.92 Å². The van der Waals surface area contributed by atoms with Crippen molar-refractivity contribution in [2.75, 3.05) is 6.61 Å². The molecule has 1 aromatic rings. The summed E-state index contributed by atoms with van der Waals surface area (Å²) < 4.78 is 23.9. The van der Waals surface area contributed by atoms with Crippen LogP contribution in [-0.4, -0.2) is 37.5 Å². The van der Waals surface area contributed by atoms with E-state index in [-0.39, 0.29) is 6.29 Å². The average Bonchev–Trinajstić information content (AvgIpc) is 2.76. The second-order valence-corrected chi connectivity index (χ2v) is 7.86. The lowest BCUT2D eigenvalue weighted by atomic mass is 9.75. The van der Waals surface area contributed by atoms with Crippen molar-refractivity contribution >= 4 is 18.9 Å². The van der Waals surface area contributed by atoms with Crippen LogP contribution in [0.4, 0.5) is 0 Å². The third kappa shape index (κ3) is 3.61. The second-order valence-electron chi connectivity index (χ2n) is 7.86. The van der Waals surface area contributed by atoms with E-state index in [1.165, 1.54) is 0 Å². The van der Waals surface area contributed by atoms with Gasteiger partial charge in [0.15, 0.2) is 6.29 Å². The number of ether oxygens (including phenoxy) is 2. The van der Waals surface area contributed by atoms with Crippen LogP contribution in [0.25, 0.3) is 0 Å². The first kappa shape index (κ1) is 18.4. The number of hydrogen-bond acceptors (Lipinski definition) is 5. The van der Waals surface area contributed by atoms with Gasteiger partial charge in [0, 0.05) is 12.0 Å². The van der Waals surface area contributed by atoms with Crippen LogP contribution >= 0.6 is 0 Å². The predicted octanol–water partition coefficient (Wildman–Crippen LogP) is 3.01. The van der Waals surface area contributed by atoms with Crippen LogP contribution < -0.4 is 10.2 Å². The van der Waals surface area contributed by atoms with E-state index in [1.807, 2.05) is 46.8 Å². The molecule has 1 aromatic carbocycles. The van der Waals surface area contributed by atoms with Gasteiger partial charge < -0.3 is 18.8 Å². The first-order valence-corrected chi connectivity index (χ1v) is 8.97. The third-order valence-electron chi connectivity index (χ3n) is 5.42. The summed E-state index contributed by atoms with van der Waals surface area (Å²) in [7, 11) is -0.597. The normalized spacial score (nSPS) is 25.0. The van der Waals surface area contributed by atoms with Crippen LogP contribution in [0.15, 0.2) is 12.1 Å². The molecule has 0 spiro atoms. The summed E-state index contributed by atoms with van der Waals surface area (Å²) in [5.41, 5.74) is 1.22. The summed E-state index contributed by atoms with van der Waals surface area (Å²) in [6.45, 7) is 10.6. The molecule has 0 radical (unpaired) electrons. The molecule has 0 aromatic heterocycles. The molecule has 1 atom stereocenters. The zero-order valence-electron chi connectivity index (χ0n) is 15.8. The van der Waals surface area contributed by atoms with Crippen molar-refractivity contribution in [1.82, 2.24) is 0 Å². The monoisotopic (exact) mass is 346 g/mol. The van der Waals surface area contributed by atoms with Gasteiger partial charge in [-0.25, -0.2) is 0 Å². The molecule has 25 heavy (non-hydrogen) atoms. The van der Waals surface area contributed by atoms with E-state index in [9.17, 15) is 4.79 Å². The average molecular weight is 346 g/mol. The molecule has 2 fully saturated rings. The van der Waals surface area contributed by atoms with E-state index < -0.39 is 18.3 Å². The zero-order chi connectivity index (χ0) is 18.2. The molecular formula is C19H27BO5. The number of benzene rings is 1. The Balaban J connectivity index is 1.91. The fourth-order valence-electron chi connectivity index (χ4n) is 3.14. The van der Waals surface area contributed by atoms with Crippen LogP contribution in [0.5, 0.6) is 5.75 Å². The van der Waals surface area contributed by atoms with Gasteiger partial charge in [-0.3, -0.25) is 4.79 Å². The molecule has 6 heteroatoms. The van der Waals surface area contributed by atoms with E-state index in [0.717, 1.165) is 37.7 Å². The van der Waals surface area contributed by atoms with Gasteiger partial charge in [-0.2, -0.15) is 0 Å². The van der Waals surface area contributed by atoms with Crippen LogP contribution in [-0.2, 0) is 14.0 Å². The van der Waals surface area contributed by atoms with Gasteiger partial charge in [0.25, 0.3) is 0 Å². The van der Waals surface area contributed by atoms with Gasteiger partial charge >= 0.3 is 7.12 Å². The van der Waals surface area contributed by atoms with Crippen molar-refractivity contribution in [2.45, 2.75) is 71.4 Å². The van der Waals surface area contributed by atoms with Crippen molar-refractivity contribution in [3.05, 3.63) is 23.3 Å². The SMILES string of the molecule is Cc1cc(O[C@@H]2CCCCO2)cc(B2OC(C)(C)C(C)(C)O2)c1C=O. The maximum Gasteiger partial charge on any atom is 0.495 e. The molecule has 0 amide bonds. The summed E-state index contributed by atoms with van der Waals surface area (Å²) in [5.74, 6) is 0.680.